The Kier molecular flexibility index (Phi) is 8.14. The van der Waals surface area contributed by atoms with Gasteiger partial charge in [0.2, 0.25) is 5.91 Å². The number of anilines is 2. The van der Waals surface area contributed by atoms with Crippen molar-refractivity contribution in [3.63, 3.8) is 0 Å². The molecule has 1 heterocycles. The average molecular weight is 588 g/mol. The van der Waals surface area contributed by atoms with Crippen LogP contribution in [0.5, 0.6) is 0 Å². The number of nitrogens with zero attached hydrogens (tertiary/aromatic N) is 1. The number of rotatable bonds is 5. The summed E-state index contributed by atoms with van der Waals surface area (Å²) in [5.41, 5.74) is -1.17. The van der Waals surface area contributed by atoms with Crippen LogP contribution in [0.2, 0.25) is 5.02 Å². The number of alkyl halides is 3. The van der Waals surface area contributed by atoms with Crippen LogP contribution < -0.4 is 20.8 Å². The molecule has 1 aliphatic rings. The fourth-order valence-corrected chi connectivity index (χ4v) is 5.75. The molecule has 2 N–H and O–H groups in total. The van der Waals surface area contributed by atoms with E-state index in [0.717, 1.165) is 11.0 Å². The summed E-state index contributed by atoms with van der Waals surface area (Å²) in [4.78, 5) is 26.4. The Morgan fingerprint density at radius 1 is 1.03 bits per heavy atom. The molecule has 1 aliphatic heterocycles. The van der Waals surface area contributed by atoms with E-state index in [9.17, 15) is 31.5 Å². The Balaban J connectivity index is 1.50. The monoisotopic (exact) mass is 587 g/mol. The molecule has 1 fully saturated rings. The van der Waals surface area contributed by atoms with Gasteiger partial charge in [-0.15, -0.1) is 0 Å². The van der Waals surface area contributed by atoms with E-state index < -0.39 is 60.8 Å². The van der Waals surface area contributed by atoms with Crippen LogP contribution in [0.25, 0.3) is 11.1 Å². The van der Waals surface area contributed by atoms with Crippen molar-refractivity contribution < 1.29 is 35.9 Å². The molecular weight excluding hydrogens is 567 g/mol. The Hall–Kier alpha value is -3.30. The molecule has 4 rings (SSSR count). The molecule has 1 saturated heterocycles. The van der Waals surface area contributed by atoms with Crippen molar-refractivity contribution in [1.29, 1.82) is 0 Å². The Bertz CT molecular complexity index is 1450. The van der Waals surface area contributed by atoms with Crippen LogP contribution in [0, 0.1) is 17.5 Å². The molecule has 0 spiro atoms. The first-order chi connectivity index (χ1) is 18.3. The number of hydrogen-bond donors (Lipinski definition) is 2. The van der Waals surface area contributed by atoms with Gasteiger partial charge in [-0.2, -0.15) is 13.2 Å². The molecule has 206 valence electrons. The first-order valence-electron chi connectivity index (χ1n) is 11.5. The minimum atomic E-state index is -4.76. The first kappa shape index (κ1) is 28.7. The molecule has 13 heteroatoms. The predicted octanol–water partition coefficient (Wildman–Crippen LogP) is 6.74. The van der Waals surface area contributed by atoms with E-state index in [2.05, 4.69) is 10.6 Å². The van der Waals surface area contributed by atoms with Crippen LogP contribution >= 0.6 is 19.5 Å². The second-order valence-electron chi connectivity index (χ2n) is 8.91. The Morgan fingerprint density at radius 3 is 2.38 bits per heavy atom. The Labute approximate surface area is 225 Å². The second-order valence-corrected chi connectivity index (χ2v) is 11.5. The zero-order valence-corrected chi connectivity index (χ0v) is 22.1. The molecule has 1 unspecified atom stereocenters. The van der Waals surface area contributed by atoms with E-state index in [-0.39, 0.29) is 35.3 Å². The number of amides is 3. The van der Waals surface area contributed by atoms with Crippen molar-refractivity contribution in [2.24, 2.45) is 0 Å². The number of benzene rings is 3. The highest BCUT2D eigenvalue weighted by molar-refractivity contribution is 7.64. The quantitative estimate of drug-likeness (QED) is 0.257. The van der Waals surface area contributed by atoms with E-state index in [4.69, 9.17) is 11.6 Å². The SMILES string of the molecule is CP(C)c1c(F)cccc1-c1ccc(N2CCC(NC(=O)Nc3ccc(C(F)(F)F)cc3F)C2=O)c(F)c1Cl. The van der Waals surface area contributed by atoms with Crippen molar-refractivity contribution in [3.8, 4) is 11.1 Å². The molecule has 3 aromatic carbocycles. The van der Waals surface area contributed by atoms with Crippen LogP contribution in [-0.4, -0.2) is 37.9 Å². The lowest BCUT2D eigenvalue weighted by Crippen LogP contribution is -2.43. The van der Waals surface area contributed by atoms with Gasteiger partial charge in [-0.1, -0.05) is 37.7 Å². The number of carbonyl (C=O) groups is 2. The van der Waals surface area contributed by atoms with Crippen molar-refractivity contribution in [2.45, 2.75) is 18.6 Å². The fraction of sp³-hybridized carbons (Fsp3) is 0.231. The molecule has 39 heavy (non-hydrogen) atoms. The van der Waals surface area contributed by atoms with Crippen molar-refractivity contribution >= 4 is 48.1 Å². The van der Waals surface area contributed by atoms with Crippen LogP contribution in [0.1, 0.15) is 12.0 Å². The highest BCUT2D eigenvalue weighted by atomic mass is 35.5. The maximum atomic E-state index is 15.4. The van der Waals surface area contributed by atoms with Gasteiger partial charge >= 0.3 is 12.2 Å². The molecule has 5 nitrogen and oxygen atoms in total. The highest BCUT2D eigenvalue weighted by Crippen LogP contribution is 2.39. The summed E-state index contributed by atoms with van der Waals surface area (Å²) in [7, 11) is -0.889. The van der Waals surface area contributed by atoms with E-state index in [1.165, 1.54) is 24.3 Å². The van der Waals surface area contributed by atoms with Gasteiger partial charge in [-0.05, 0) is 55.6 Å². The summed E-state index contributed by atoms with van der Waals surface area (Å²) in [6.07, 6.45) is -4.68. The molecule has 0 aliphatic carbocycles. The number of urea groups is 1. The summed E-state index contributed by atoms with van der Waals surface area (Å²) >= 11 is 6.34. The predicted molar refractivity (Wildman–Crippen MR) is 140 cm³/mol. The summed E-state index contributed by atoms with van der Waals surface area (Å²) in [5, 5.41) is 4.52. The summed E-state index contributed by atoms with van der Waals surface area (Å²) in [6.45, 7) is 3.73. The van der Waals surface area contributed by atoms with Crippen LogP contribution in [-0.2, 0) is 11.0 Å². The maximum Gasteiger partial charge on any atom is 0.416 e. The van der Waals surface area contributed by atoms with Gasteiger partial charge in [-0.3, -0.25) is 4.79 Å². The highest BCUT2D eigenvalue weighted by Gasteiger charge is 2.36. The molecular formula is C26H21ClF6N3O2P. The lowest BCUT2D eigenvalue weighted by atomic mass is 10.0. The van der Waals surface area contributed by atoms with Crippen molar-refractivity contribution in [3.05, 3.63) is 76.6 Å². The van der Waals surface area contributed by atoms with E-state index in [0.29, 0.717) is 16.9 Å². The van der Waals surface area contributed by atoms with Crippen molar-refractivity contribution in [2.75, 3.05) is 30.1 Å². The molecule has 3 amide bonds. The summed E-state index contributed by atoms with van der Waals surface area (Å²) < 4.78 is 82.1. The molecule has 0 bridgehead atoms. The molecule has 0 radical (unpaired) electrons. The topological polar surface area (TPSA) is 61.4 Å². The third kappa shape index (κ3) is 5.84. The van der Waals surface area contributed by atoms with Gasteiger partial charge in [0.1, 0.15) is 17.7 Å². The molecule has 0 saturated carbocycles. The number of carbonyl (C=O) groups excluding carboxylic acids is 2. The number of nitrogens with one attached hydrogen (secondary N) is 2. The van der Waals surface area contributed by atoms with E-state index >= 15 is 4.39 Å². The third-order valence-electron chi connectivity index (χ3n) is 6.13. The Morgan fingerprint density at radius 2 is 1.74 bits per heavy atom. The van der Waals surface area contributed by atoms with Crippen molar-refractivity contribution in [1.82, 2.24) is 5.32 Å². The molecule has 0 aromatic heterocycles. The number of hydrogen-bond acceptors (Lipinski definition) is 2. The smallest absolute Gasteiger partial charge is 0.326 e. The number of halogens is 7. The lowest BCUT2D eigenvalue weighted by molar-refractivity contribution is -0.137. The van der Waals surface area contributed by atoms with Crippen LogP contribution in [0.15, 0.2) is 48.5 Å². The molecule has 3 aromatic rings. The van der Waals surface area contributed by atoms with E-state index in [1.807, 2.05) is 13.3 Å². The minimum absolute atomic E-state index is 0.0193. The van der Waals surface area contributed by atoms with Gasteiger partial charge in [0.15, 0.2) is 5.82 Å². The van der Waals surface area contributed by atoms with Gasteiger partial charge in [0, 0.05) is 17.4 Å². The zero-order valence-electron chi connectivity index (χ0n) is 20.5. The minimum Gasteiger partial charge on any atom is -0.326 e. The van der Waals surface area contributed by atoms with Crippen LogP contribution in [0.3, 0.4) is 0 Å². The lowest BCUT2D eigenvalue weighted by Gasteiger charge is -2.21. The van der Waals surface area contributed by atoms with Crippen LogP contribution in [0.4, 0.5) is 42.5 Å². The third-order valence-corrected chi connectivity index (χ3v) is 7.85. The zero-order chi connectivity index (χ0) is 28.6. The summed E-state index contributed by atoms with van der Waals surface area (Å²) in [5.74, 6) is -3.30. The normalized spacial score (nSPS) is 15.7. The standard InChI is InChI=1S/C26H21ClF6N3O2P/c1-39(2)23-15(4-3-5-16(23)28)14-7-9-20(22(30)21(14)27)36-11-10-19(24(36)37)35-25(38)34-18-8-6-13(12-17(18)29)26(31,32)33/h3-9,12,19H,10-11H2,1-2H3,(H2,34,35,38). The van der Waals surface area contributed by atoms with Gasteiger partial charge < -0.3 is 15.5 Å². The average Bonchev–Trinajstić information content (AvgIpc) is 3.20. The maximum absolute atomic E-state index is 15.4. The van der Waals surface area contributed by atoms with Gasteiger partial charge in [-0.25, -0.2) is 18.0 Å². The fourth-order valence-electron chi connectivity index (χ4n) is 4.31. The largest absolute Gasteiger partial charge is 0.416 e. The van der Waals surface area contributed by atoms with E-state index in [1.54, 1.807) is 6.07 Å². The molecule has 1 atom stereocenters. The summed E-state index contributed by atoms with van der Waals surface area (Å²) in [6, 6.07) is 6.74. The van der Waals surface area contributed by atoms with Gasteiger partial charge in [0.25, 0.3) is 0 Å². The van der Waals surface area contributed by atoms with Gasteiger partial charge in [0.05, 0.1) is 22.0 Å². The second kappa shape index (κ2) is 11.1. The first-order valence-corrected chi connectivity index (χ1v) is 14.1.